The number of benzene rings is 1. The van der Waals surface area contributed by atoms with E-state index in [1.54, 1.807) is 0 Å². The number of fused-ring (bicyclic) bond motifs is 1. The van der Waals surface area contributed by atoms with Crippen molar-refractivity contribution in [2.45, 2.75) is 51.4 Å². The van der Waals surface area contributed by atoms with Crippen LogP contribution in [0.1, 0.15) is 39.7 Å². The standard InChI is InChI=1S/C17H23BFNO3/c1-16(2)17(3,4)23-18(22-16)15(19)13-9-11(10-20)21-14-8-6-5-7-12(13)14/h5-8,11H,9-10,20H2,1-4H3. The number of nitrogens with two attached hydrogens (primary N) is 1. The van der Waals surface area contributed by atoms with Crippen LogP contribution in [0.5, 0.6) is 5.75 Å². The SMILES string of the molecule is CC1(C)OB(C(F)=C2CC(CN)Oc3ccccc32)OC1(C)C. The van der Waals surface area contributed by atoms with E-state index in [4.69, 9.17) is 19.8 Å². The normalized spacial score (nSPS) is 27.4. The van der Waals surface area contributed by atoms with Gasteiger partial charge in [-0.3, -0.25) is 0 Å². The first kappa shape index (κ1) is 16.5. The van der Waals surface area contributed by atoms with E-state index in [1.165, 1.54) is 0 Å². The van der Waals surface area contributed by atoms with E-state index in [1.807, 2.05) is 52.0 Å². The first-order valence-corrected chi connectivity index (χ1v) is 7.95. The fourth-order valence-corrected chi connectivity index (χ4v) is 2.82. The van der Waals surface area contributed by atoms with E-state index in [9.17, 15) is 0 Å². The van der Waals surface area contributed by atoms with Crippen LogP contribution < -0.4 is 10.5 Å². The molecule has 2 N–H and O–H groups in total. The largest absolute Gasteiger partial charge is 0.525 e. The lowest BCUT2D eigenvalue weighted by atomic mass is 9.80. The molecular weight excluding hydrogens is 296 g/mol. The minimum atomic E-state index is -1.00. The second-order valence-corrected chi connectivity index (χ2v) is 7.09. The van der Waals surface area contributed by atoms with Gasteiger partial charge in [0.25, 0.3) is 0 Å². The Bertz CT molecular complexity index is 628. The lowest BCUT2D eigenvalue weighted by Gasteiger charge is -2.32. The molecule has 0 amide bonds. The van der Waals surface area contributed by atoms with Gasteiger partial charge in [0, 0.05) is 18.5 Å². The molecule has 1 aromatic carbocycles. The fourth-order valence-electron chi connectivity index (χ4n) is 2.82. The molecular formula is C17H23BFNO3. The zero-order valence-electron chi connectivity index (χ0n) is 14.1. The van der Waals surface area contributed by atoms with Crippen LogP contribution in [0.3, 0.4) is 0 Å². The lowest BCUT2D eigenvalue weighted by Crippen LogP contribution is -2.41. The third-order valence-corrected chi connectivity index (χ3v) is 4.95. The highest BCUT2D eigenvalue weighted by Crippen LogP contribution is 2.43. The fraction of sp³-hybridized carbons (Fsp3) is 0.529. The van der Waals surface area contributed by atoms with Gasteiger partial charge < -0.3 is 19.8 Å². The Balaban J connectivity index is 2.00. The Morgan fingerprint density at radius 2 is 1.83 bits per heavy atom. The molecule has 0 spiro atoms. The molecule has 2 heterocycles. The molecule has 1 unspecified atom stereocenters. The topological polar surface area (TPSA) is 53.7 Å². The number of hydrogen-bond acceptors (Lipinski definition) is 4. The summed E-state index contributed by atoms with van der Waals surface area (Å²) in [5.74, 6) is 0.649. The zero-order chi connectivity index (χ0) is 16.8. The summed E-state index contributed by atoms with van der Waals surface area (Å²) in [4.78, 5) is 0. The monoisotopic (exact) mass is 319 g/mol. The average molecular weight is 319 g/mol. The second-order valence-electron chi connectivity index (χ2n) is 7.09. The van der Waals surface area contributed by atoms with E-state index >= 15 is 4.39 Å². The molecule has 124 valence electrons. The number of para-hydroxylation sites is 1. The molecule has 1 aromatic rings. The van der Waals surface area contributed by atoms with Crippen LogP contribution in [0, 0.1) is 0 Å². The molecule has 1 fully saturated rings. The van der Waals surface area contributed by atoms with E-state index in [2.05, 4.69) is 0 Å². The summed E-state index contributed by atoms with van der Waals surface area (Å²) < 4.78 is 32.7. The Hall–Kier alpha value is -1.37. The van der Waals surface area contributed by atoms with Crippen LogP contribution in [0.15, 0.2) is 30.0 Å². The molecule has 0 bridgehead atoms. The summed E-state index contributed by atoms with van der Waals surface area (Å²) in [5.41, 5.74) is 5.48. The Morgan fingerprint density at radius 1 is 1.22 bits per heavy atom. The summed E-state index contributed by atoms with van der Waals surface area (Å²) in [6.07, 6.45) is 0.164. The molecule has 3 rings (SSSR count). The molecule has 0 saturated carbocycles. The van der Waals surface area contributed by atoms with Crippen LogP contribution in [0.2, 0.25) is 0 Å². The number of hydrogen-bond donors (Lipinski definition) is 1. The van der Waals surface area contributed by atoms with Crippen LogP contribution >= 0.6 is 0 Å². The molecule has 2 aliphatic rings. The molecule has 0 radical (unpaired) electrons. The van der Waals surface area contributed by atoms with Crippen molar-refractivity contribution in [3.63, 3.8) is 0 Å². The predicted molar refractivity (Wildman–Crippen MR) is 88.6 cm³/mol. The minimum Gasteiger partial charge on any atom is -0.488 e. The van der Waals surface area contributed by atoms with Gasteiger partial charge in [0.05, 0.1) is 11.2 Å². The first-order valence-electron chi connectivity index (χ1n) is 7.95. The summed E-state index contributed by atoms with van der Waals surface area (Å²) in [7, 11) is -1.00. The molecule has 1 saturated heterocycles. The second kappa shape index (κ2) is 5.62. The van der Waals surface area contributed by atoms with Crippen LogP contribution in [0.25, 0.3) is 5.57 Å². The number of rotatable bonds is 2. The highest BCUT2D eigenvalue weighted by atomic mass is 19.1. The molecule has 23 heavy (non-hydrogen) atoms. The van der Waals surface area contributed by atoms with Crippen molar-refractivity contribution in [3.05, 3.63) is 35.6 Å². The van der Waals surface area contributed by atoms with Crippen molar-refractivity contribution in [2.75, 3.05) is 6.54 Å². The van der Waals surface area contributed by atoms with Crippen molar-refractivity contribution in [1.29, 1.82) is 0 Å². The summed E-state index contributed by atoms with van der Waals surface area (Å²) in [5, 5.41) is 0. The van der Waals surface area contributed by atoms with E-state index in [0.717, 1.165) is 5.56 Å². The Labute approximate surface area is 136 Å². The van der Waals surface area contributed by atoms with Gasteiger partial charge in [0.1, 0.15) is 17.6 Å². The number of halogens is 1. The lowest BCUT2D eigenvalue weighted by molar-refractivity contribution is 0.00578. The van der Waals surface area contributed by atoms with Crippen LogP contribution in [-0.2, 0) is 9.31 Å². The Kier molecular flexibility index (Phi) is 4.03. The van der Waals surface area contributed by atoms with Gasteiger partial charge in [0.15, 0.2) is 0 Å². The average Bonchev–Trinajstić information content (AvgIpc) is 2.73. The summed E-state index contributed by atoms with van der Waals surface area (Å²) >= 11 is 0. The highest BCUT2D eigenvalue weighted by molar-refractivity contribution is 6.55. The van der Waals surface area contributed by atoms with E-state index in [-0.39, 0.29) is 6.10 Å². The molecule has 4 nitrogen and oxygen atoms in total. The Morgan fingerprint density at radius 3 is 2.43 bits per heavy atom. The first-order chi connectivity index (χ1) is 10.7. The van der Waals surface area contributed by atoms with E-state index in [0.29, 0.717) is 24.3 Å². The van der Waals surface area contributed by atoms with Crippen molar-refractivity contribution in [2.24, 2.45) is 5.73 Å². The molecule has 1 atom stereocenters. The quantitative estimate of drug-likeness (QED) is 0.851. The highest BCUT2D eigenvalue weighted by Gasteiger charge is 2.53. The van der Waals surface area contributed by atoms with Crippen molar-refractivity contribution in [3.8, 4) is 5.75 Å². The minimum absolute atomic E-state index is 0.243. The van der Waals surface area contributed by atoms with Gasteiger partial charge in [0.2, 0.25) is 0 Å². The summed E-state index contributed by atoms with van der Waals surface area (Å²) in [6, 6.07) is 7.40. The molecule has 6 heteroatoms. The van der Waals surface area contributed by atoms with Crippen LogP contribution in [0.4, 0.5) is 4.39 Å². The van der Waals surface area contributed by atoms with E-state index < -0.39 is 24.0 Å². The molecule has 2 aliphatic heterocycles. The van der Waals surface area contributed by atoms with Gasteiger partial charge in [-0.15, -0.1) is 0 Å². The maximum Gasteiger partial charge on any atom is 0.525 e. The third-order valence-electron chi connectivity index (χ3n) is 4.95. The smallest absolute Gasteiger partial charge is 0.488 e. The molecule has 0 aliphatic carbocycles. The maximum absolute atomic E-state index is 15.2. The van der Waals surface area contributed by atoms with Gasteiger partial charge >= 0.3 is 7.12 Å². The van der Waals surface area contributed by atoms with Gasteiger partial charge in [-0.25, -0.2) is 4.39 Å². The van der Waals surface area contributed by atoms with Crippen LogP contribution in [-0.4, -0.2) is 31.0 Å². The third kappa shape index (κ3) is 2.79. The van der Waals surface area contributed by atoms with Crippen molar-refractivity contribution >= 4 is 12.7 Å². The summed E-state index contributed by atoms with van der Waals surface area (Å²) in [6.45, 7) is 7.96. The van der Waals surface area contributed by atoms with Gasteiger partial charge in [-0.2, -0.15) is 0 Å². The predicted octanol–water partition coefficient (Wildman–Crippen LogP) is 3.11. The van der Waals surface area contributed by atoms with Crippen molar-refractivity contribution < 1.29 is 18.4 Å². The van der Waals surface area contributed by atoms with Gasteiger partial charge in [-0.05, 0) is 39.3 Å². The zero-order valence-corrected chi connectivity index (χ0v) is 14.1. The van der Waals surface area contributed by atoms with Crippen molar-refractivity contribution in [1.82, 2.24) is 0 Å². The maximum atomic E-state index is 15.2. The van der Waals surface area contributed by atoms with Gasteiger partial charge in [-0.1, -0.05) is 18.2 Å². The number of ether oxygens (including phenoxy) is 1. The molecule has 0 aromatic heterocycles.